The van der Waals surface area contributed by atoms with Crippen molar-refractivity contribution in [1.82, 2.24) is 5.32 Å². The summed E-state index contributed by atoms with van der Waals surface area (Å²) >= 11 is 0. The number of rotatable bonds is 3. The standard InChI is InChI=1S/C13H15NO3/c15-11(12(16)17)13(6-8-14-9-7-13)10-4-2-1-3-5-10/h1-5,14H,6-9H2,(H,16,17). The highest BCUT2D eigenvalue weighted by Gasteiger charge is 2.44. The highest BCUT2D eigenvalue weighted by Crippen LogP contribution is 2.34. The first-order valence-electron chi connectivity index (χ1n) is 5.71. The van der Waals surface area contributed by atoms with Crippen molar-refractivity contribution in [3.05, 3.63) is 35.9 Å². The summed E-state index contributed by atoms with van der Waals surface area (Å²) in [6.45, 7) is 1.35. The number of carbonyl (C=O) groups is 2. The Morgan fingerprint density at radius 3 is 2.24 bits per heavy atom. The van der Waals surface area contributed by atoms with Gasteiger partial charge in [0.15, 0.2) is 0 Å². The van der Waals surface area contributed by atoms with Crippen LogP contribution in [0.15, 0.2) is 30.3 Å². The van der Waals surface area contributed by atoms with Gasteiger partial charge in [0, 0.05) is 0 Å². The molecule has 1 aromatic rings. The Balaban J connectivity index is 2.43. The third-order valence-corrected chi connectivity index (χ3v) is 3.41. The Hall–Kier alpha value is -1.68. The van der Waals surface area contributed by atoms with Crippen molar-refractivity contribution in [2.24, 2.45) is 0 Å². The molecule has 0 radical (unpaired) electrons. The van der Waals surface area contributed by atoms with Gasteiger partial charge in [-0.25, -0.2) is 4.79 Å². The lowest BCUT2D eigenvalue weighted by atomic mass is 9.70. The molecule has 0 saturated carbocycles. The Morgan fingerprint density at radius 2 is 1.71 bits per heavy atom. The maximum absolute atomic E-state index is 12.0. The maximum Gasteiger partial charge on any atom is 0.373 e. The number of benzene rings is 1. The minimum Gasteiger partial charge on any atom is -0.475 e. The summed E-state index contributed by atoms with van der Waals surface area (Å²) in [5.41, 5.74) is -0.0351. The molecule has 90 valence electrons. The van der Waals surface area contributed by atoms with Crippen LogP contribution in [0.5, 0.6) is 0 Å². The molecule has 1 aliphatic rings. The van der Waals surface area contributed by atoms with Crippen LogP contribution in [-0.4, -0.2) is 29.9 Å². The van der Waals surface area contributed by atoms with E-state index in [0.29, 0.717) is 25.9 Å². The van der Waals surface area contributed by atoms with Crippen molar-refractivity contribution in [2.75, 3.05) is 13.1 Å². The molecule has 4 nitrogen and oxygen atoms in total. The van der Waals surface area contributed by atoms with Gasteiger partial charge in [0.05, 0.1) is 5.41 Å². The molecule has 0 spiro atoms. The van der Waals surface area contributed by atoms with Crippen LogP contribution in [0.2, 0.25) is 0 Å². The van der Waals surface area contributed by atoms with Crippen LogP contribution >= 0.6 is 0 Å². The molecule has 0 atom stereocenters. The molecule has 1 heterocycles. The van der Waals surface area contributed by atoms with Crippen LogP contribution in [0.1, 0.15) is 18.4 Å². The maximum atomic E-state index is 12.0. The average Bonchev–Trinajstić information content (AvgIpc) is 2.39. The van der Waals surface area contributed by atoms with Gasteiger partial charge in [0.1, 0.15) is 0 Å². The van der Waals surface area contributed by atoms with E-state index in [9.17, 15) is 9.59 Å². The molecule has 0 aliphatic carbocycles. The second-order valence-electron chi connectivity index (χ2n) is 4.33. The van der Waals surface area contributed by atoms with Gasteiger partial charge in [-0.15, -0.1) is 0 Å². The van der Waals surface area contributed by atoms with Gasteiger partial charge < -0.3 is 10.4 Å². The number of piperidine rings is 1. The lowest BCUT2D eigenvalue weighted by Gasteiger charge is -2.35. The minimum atomic E-state index is -1.34. The predicted octanol–water partition coefficient (Wildman–Crippen LogP) is 0.961. The Bertz CT molecular complexity index is 422. The molecule has 0 bridgehead atoms. The second kappa shape index (κ2) is 4.67. The van der Waals surface area contributed by atoms with Gasteiger partial charge in [-0.3, -0.25) is 4.79 Å². The number of carboxylic acids is 1. The summed E-state index contributed by atoms with van der Waals surface area (Å²) in [5, 5.41) is 12.1. The van der Waals surface area contributed by atoms with Gasteiger partial charge in [-0.1, -0.05) is 30.3 Å². The molecule has 4 heteroatoms. The number of ketones is 1. The average molecular weight is 233 g/mol. The third-order valence-electron chi connectivity index (χ3n) is 3.41. The molecular formula is C13H15NO3. The van der Waals surface area contributed by atoms with E-state index in [1.165, 1.54) is 0 Å². The Kier molecular flexibility index (Phi) is 3.24. The SMILES string of the molecule is O=C(O)C(=O)C1(c2ccccc2)CCNCC1. The molecule has 0 aromatic heterocycles. The van der Waals surface area contributed by atoms with Gasteiger partial charge in [-0.2, -0.15) is 0 Å². The Labute approximate surface area is 99.6 Å². The smallest absolute Gasteiger partial charge is 0.373 e. The zero-order chi connectivity index (χ0) is 12.3. The van der Waals surface area contributed by atoms with E-state index in [1.807, 2.05) is 30.3 Å². The molecule has 1 aliphatic heterocycles. The quantitative estimate of drug-likeness (QED) is 0.763. The zero-order valence-electron chi connectivity index (χ0n) is 9.48. The third kappa shape index (κ3) is 2.08. The highest BCUT2D eigenvalue weighted by molar-refractivity contribution is 6.36. The van der Waals surface area contributed by atoms with Crippen LogP contribution in [-0.2, 0) is 15.0 Å². The van der Waals surface area contributed by atoms with Gasteiger partial charge >= 0.3 is 5.97 Å². The molecule has 0 unspecified atom stereocenters. The minimum absolute atomic E-state index is 0.544. The Morgan fingerprint density at radius 1 is 1.12 bits per heavy atom. The number of carboxylic acid groups (broad SMARTS) is 1. The topological polar surface area (TPSA) is 66.4 Å². The van der Waals surface area contributed by atoms with E-state index < -0.39 is 17.2 Å². The molecular weight excluding hydrogens is 218 g/mol. The van der Waals surface area contributed by atoms with Crippen molar-refractivity contribution in [3.8, 4) is 0 Å². The summed E-state index contributed by atoms with van der Waals surface area (Å²) < 4.78 is 0. The van der Waals surface area contributed by atoms with Crippen molar-refractivity contribution < 1.29 is 14.7 Å². The molecule has 2 N–H and O–H groups in total. The first-order chi connectivity index (χ1) is 8.17. The normalized spacial score (nSPS) is 18.6. The molecule has 1 fully saturated rings. The number of hydrogen-bond donors (Lipinski definition) is 2. The summed E-state index contributed by atoms with van der Waals surface area (Å²) in [5.74, 6) is -2.03. The number of hydrogen-bond acceptors (Lipinski definition) is 3. The summed E-state index contributed by atoms with van der Waals surface area (Å²) in [7, 11) is 0. The second-order valence-corrected chi connectivity index (χ2v) is 4.33. The molecule has 2 rings (SSSR count). The van der Waals surface area contributed by atoms with E-state index in [-0.39, 0.29) is 0 Å². The number of Topliss-reactive ketones (excluding diaryl/α,β-unsaturated/α-hetero) is 1. The molecule has 0 amide bonds. The fourth-order valence-corrected chi connectivity index (χ4v) is 2.46. The first-order valence-corrected chi connectivity index (χ1v) is 5.71. The first kappa shape index (κ1) is 11.8. The van der Waals surface area contributed by atoms with E-state index >= 15 is 0 Å². The summed E-state index contributed by atoms with van der Waals surface area (Å²) in [4.78, 5) is 23.0. The largest absolute Gasteiger partial charge is 0.475 e. The molecule has 17 heavy (non-hydrogen) atoms. The van der Waals surface area contributed by atoms with Crippen LogP contribution in [0.4, 0.5) is 0 Å². The van der Waals surface area contributed by atoms with Crippen molar-refractivity contribution in [3.63, 3.8) is 0 Å². The fraction of sp³-hybridized carbons (Fsp3) is 0.385. The predicted molar refractivity (Wildman–Crippen MR) is 62.9 cm³/mol. The van der Waals surface area contributed by atoms with Crippen LogP contribution < -0.4 is 5.32 Å². The van der Waals surface area contributed by atoms with Crippen molar-refractivity contribution in [1.29, 1.82) is 0 Å². The summed E-state index contributed by atoms with van der Waals surface area (Å²) in [6, 6.07) is 9.23. The van der Waals surface area contributed by atoms with E-state index in [1.54, 1.807) is 0 Å². The monoisotopic (exact) mass is 233 g/mol. The van der Waals surface area contributed by atoms with Crippen LogP contribution in [0, 0.1) is 0 Å². The summed E-state index contributed by atoms with van der Waals surface area (Å²) in [6.07, 6.45) is 1.09. The van der Waals surface area contributed by atoms with E-state index in [4.69, 9.17) is 5.11 Å². The van der Waals surface area contributed by atoms with Crippen molar-refractivity contribution >= 4 is 11.8 Å². The lowest BCUT2D eigenvalue weighted by Crippen LogP contribution is -2.48. The fourth-order valence-electron chi connectivity index (χ4n) is 2.46. The molecule has 1 aromatic carbocycles. The van der Waals surface area contributed by atoms with Crippen molar-refractivity contribution in [2.45, 2.75) is 18.3 Å². The van der Waals surface area contributed by atoms with Gasteiger partial charge in [-0.05, 0) is 31.5 Å². The van der Waals surface area contributed by atoms with Crippen LogP contribution in [0.25, 0.3) is 0 Å². The number of carbonyl (C=O) groups excluding carboxylic acids is 1. The van der Waals surface area contributed by atoms with Gasteiger partial charge in [0.2, 0.25) is 5.78 Å². The molecule has 1 saturated heterocycles. The van der Waals surface area contributed by atoms with E-state index in [2.05, 4.69) is 5.32 Å². The number of nitrogens with one attached hydrogen (secondary N) is 1. The van der Waals surface area contributed by atoms with Crippen LogP contribution in [0.3, 0.4) is 0 Å². The highest BCUT2D eigenvalue weighted by atomic mass is 16.4. The zero-order valence-corrected chi connectivity index (χ0v) is 9.48. The lowest BCUT2D eigenvalue weighted by molar-refractivity contribution is -0.152. The number of aliphatic carboxylic acids is 1. The van der Waals surface area contributed by atoms with Gasteiger partial charge in [0.25, 0.3) is 0 Å². The van der Waals surface area contributed by atoms with E-state index in [0.717, 1.165) is 5.56 Å².